The maximum Gasteiger partial charge on any atom is 0.175 e. The van der Waals surface area contributed by atoms with Crippen LogP contribution in [-0.4, -0.2) is 12.4 Å². The normalized spacial score (nSPS) is 18.3. The Hall–Kier alpha value is -1.45. The van der Waals surface area contributed by atoms with E-state index in [-0.39, 0.29) is 11.9 Å². The fraction of sp³-hybridized carbons (Fsp3) is 0.267. The van der Waals surface area contributed by atoms with Crippen LogP contribution in [0.5, 0.6) is 0 Å². The predicted molar refractivity (Wildman–Crippen MR) is 72.1 cm³/mol. The Morgan fingerprint density at radius 3 is 3.00 bits per heavy atom. The number of ketones is 1. The Labute approximate surface area is 110 Å². The molecule has 1 unspecified atom stereocenters. The molecule has 1 aliphatic rings. The molecule has 3 heteroatoms. The highest BCUT2D eigenvalue weighted by Crippen LogP contribution is 2.30. The Bertz CT molecular complexity index is 545. The standard InChI is InChI=1S/C15H14O2S/c16-13(15-6-3-9-18-15)10-14-12-5-2-1-4-11(12)7-8-17-14/h1-6,9,14H,7-8,10H2. The number of rotatable bonds is 3. The Kier molecular flexibility index (Phi) is 3.26. The number of thiophene rings is 1. The maximum absolute atomic E-state index is 12.1. The number of benzene rings is 1. The minimum atomic E-state index is -0.0791. The van der Waals surface area contributed by atoms with E-state index in [1.165, 1.54) is 22.5 Å². The third-order valence-corrected chi connectivity index (χ3v) is 4.17. The van der Waals surface area contributed by atoms with Gasteiger partial charge in [-0.3, -0.25) is 4.79 Å². The smallest absolute Gasteiger partial charge is 0.175 e. The summed E-state index contributed by atoms with van der Waals surface area (Å²) in [5.74, 6) is 0.173. The highest BCUT2D eigenvalue weighted by atomic mass is 32.1. The van der Waals surface area contributed by atoms with E-state index in [1.54, 1.807) is 0 Å². The molecule has 0 aliphatic carbocycles. The second kappa shape index (κ2) is 5.04. The molecule has 1 aliphatic heterocycles. The molecule has 0 saturated carbocycles. The van der Waals surface area contributed by atoms with Gasteiger partial charge in [-0.05, 0) is 29.0 Å². The summed E-state index contributed by atoms with van der Waals surface area (Å²) in [6.45, 7) is 0.708. The van der Waals surface area contributed by atoms with Crippen LogP contribution in [-0.2, 0) is 11.2 Å². The fourth-order valence-electron chi connectivity index (χ4n) is 2.35. The number of carbonyl (C=O) groups excluding carboxylic acids is 1. The SMILES string of the molecule is O=C(CC1OCCc2ccccc21)c1cccs1. The topological polar surface area (TPSA) is 26.3 Å². The lowest BCUT2D eigenvalue weighted by Crippen LogP contribution is -2.18. The molecule has 1 atom stereocenters. The molecule has 0 spiro atoms. The number of ether oxygens (including phenoxy) is 1. The summed E-state index contributed by atoms with van der Waals surface area (Å²) in [4.78, 5) is 12.9. The van der Waals surface area contributed by atoms with Crippen LogP contribution in [0.4, 0.5) is 0 Å². The van der Waals surface area contributed by atoms with E-state index in [0.717, 1.165) is 11.3 Å². The first-order chi connectivity index (χ1) is 8.84. The summed E-state index contributed by atoms with van der Waals surface area (Å²) < 4.78 is 5.76. The van der Waals surface area contributed by atoms with E-state index >= 15 is 0 Å². The Balaban J connectivity index is 1.80. The number of hydrogen-bond acceptors (Lipinski definition) is 3. The van der Waals surface area contributed by atoms with Crippen LogP contribution in [0.15, 0.2) is 41.8 Å². The zero-order valence-corrected chi connectivity index (χ0v) is 10.8. The molecular formula is C15H14O2S. The van der Waals surface area contributed by atoms with Crippen LogP contribution < -0.4 is 0 Å². The lowest BCUT2D eigenvalue weighted by Gasteiger charge is -2.25. The van der Waals surface area contributed by atoms with Gasteiger partial charge in [0.1, 0.15) is 0 Å². The molecule has 0 N–H and O–H groups in total. The van der Waals surface area contributed by atoms with Gasteiger partial charge in [-0.25, -0.2) is 0 Å². The Morgan fingerprint density at radius 1 is 1.28 bits per heavy atom. The van der Waals surface area contributed by atoms with Gasteiger partial charge in [0.05, 0.1) is 17.6 Å². The highest BCUT2D eigenvalue weighted by molar-refractivity contribution is 7.12. The molecule has 0 radical (unpaired) electrons. The van der Waals surface area contributed by atoms with Gasteiger partial charge < -0.3 is 4.74 Å². The minimum Gasteiger partial charge on any atom is -0.373 e. The molecule has 2 heterocycles. The first-order valence-electron chi connectivity index (χ1n) is 6.11. The number of Topliss-reactive ketones (excluding diaryl/α,β-unsaturated/α-hetero) is 1. The van der Waals surface area contributed by atoms with Crippen molar-refractivity contribution in [2.24, 2.45) is 0 Å². The third kappa shape index (κ3) is 2.24. The largest absolute Gasteiger partial charge is 0.373 e. The number of fused-ring (bicyclic) bond motifs is 1. The molecule has 1 aromatic carbocycles. The summed E-state index contributed by atoms with van der Waals surface area (Å²) in [5, 5.41) is 1.93. The highest BCUT2D eigenvalue weighted by Gasteiger charge is 2.23. The van der Waals surface area contributed by atoms with Crippen molar-refractivity contribution in [3.8, 4) is 0 Å². The minimum absolute atomic E-state index is 0.0791. The summed E-state index contributed by atoms with van der Waals surface area (Å²) >= 11 is 1.50. The second-order valence-corrected chi connectivity index (χ2v) is 5.36. The van der Waals surface area contributed by atoms with Gasteiger partial charge in [0.15, 0.2) is 5.78 Å². The van der Waals surface area contributed by atoms with Crippen LogP contribution in [0.3, 0.4) is 0 Å². The fourth-order valence-corrected chi connectivity index (χ4v) is 3.03. The second-order valence-electron chi connectivity index (χ2n) is 4.41. The van der Waals surface area contributed by atoms with Crippen molar-refractivity contribution in [1.82, 2.24) is 0 Å². The quantitative estimate of drug-likeness (QED) is 0.786. The summed E-state index contributed by atoms with van der Waals surface area (Å²) in [6, 6.07) is 12.0. The first-order valence-corrected chi connectivity index (χ1v) is 6.98. The monoisotopic (exact) mass is 258 g/mol. The molecular weight excluding hydrogens is 244 g/mol. The average Bonchev–Trinajstić information content (AvgIpc) is 2.93. The van der Waals surface area contributed by atoms with Crippen molar-refractivity contribution in [3.63, 3.8) is 0 Å². The van der Waals surface area contributed by atoms with Gasteiger partial charge in [0.25, 0.3) is 0 Å². The first kappa shape index (κ1) is 11.6. The Morgan fingerprint density at radius 2 is 2.17 bits per heavy atom. The average molecular weight is 258 g/mol. The van der Waals surface area contributed by atoms with Crippen LogP contribution in [0.25, 0.3) is 0 Å². The molecule has 3 rings (SSSR count). The van der Waals surface area contributed by atoms with Crippen molar-refractivity contribution < 1.29 is 9.53 Å². The van der Waals surface area contributed by atoms with Crippen molar-refractivity contribution >= 4 is 17.1 Å². The van der Waals surface area contributed by atoms with Gasteiger partial charge in [0.2, 0.25) is 0 Å². The molecule has 92 valence electrons. The van der Waals surface area contributed by atoms with Crippen molar-refractivity contribution in [2.75, 3.05) is 6.61 Å². The van der Waals surface area contributed by atoms with Gasteiger partial charge in [-0.2, -0.15) is 0 Å². The van der Waals surface area contributed by atoms with E-state index in [4.69, 9.17) is 4.74 Å². The summed E-state index contributed by atoms with van der Waals surface area (Å²) in [6.07, 6.45) is 1.31. The van der Waals surface area contributed by atoms with E-state index in [9.17, 15) is 4.79 Å². The van der Waals surface area contributed by atoms with Crippen LogP contribution >= 0.6 is 11.3 Å². The lowest BCUT2D eigenvalue weighted by atomic mass is 9.94. The number of carbonyl (C=O) groups is 1. The molecule has 0 fully saturated rings. The van der Waals surface area contributed by atoms with E-state index < -0.39 is 0 Å². The van der Waals surface area contributed by atoms with E-state index in [1.807, 2.05) is 29.6 Å². The van der Waals surface area contributed by atoms with Crippen molar-refractivity contribution in [1.29, 1.82) is 0 Å². The lowest BCUT2D eigenvalue weighted by molar-refractivity contribution is 0.0353. The molecule has 18 heavy (non-hydrogen) atoms. The van der Waals surface area contributed by atoms with E-state index in [0.29, 0.717) is 13.0 Å². The van der Waals surface area contributed by atoms with Crippen LogP contribution in [0.2, 0.25) is 0 Å². The van der Waals surface area contributed by atoms with Gasteiger partial charge >= 0.3 is 0 Å². The summed E-state index contributed by atoms with van der Waals surface area (Å²) in [7, 11) is 0. The van der Waals surface area contributed by atoms with Crippen LogP contribution in [0, 0.1) is 0 Å². The zero-order valence-electron chi connectivity index (χ0n) is 9.96. The molecule has 2 nitrogen and oxygen atoms in total. The van der Waals surface area contributed by atoms with E-state index in [2.05, 4.69) is 12.1 Å². The zero-order chi connectivity index (χ0) is 12.4. The third-order valence-electron chi connectivity index (χ3n) is 3.26. The molecule has 0 saturated heterocycles. The molecule has 2 aromatic rings. The molecule has 1 aromatic heterocycles. The summed E-state index contributed by atoms with van der Waals surface area (Å²) in [5.41, 5.74) is 2.49. The maximum atomic E-state index is 12.1. The molecule has 0 amide bonds. The van der Waals surface area contributed by atoms with Crippen molar-refractivity contribution in [3.05, 3.63) is 57.8 Å². The molecule has 0 bridgehead atoms. The number of hydrogen-bond donors (Lipinski definition) is 0. The predicted octanol–water partition coefficient (Wildman–Crippen LogP) is 3.63. The van der Waals surface area contributed by atoms with Gasteiger partial charge in [-0.1, -0.05) is 30.3 Å². The van der Waals surface area contributed by atoms with Gasteiger partial charge in [0, 0.05) is 6.42 Å². The van der Waals surface area contributed by atoms with Crippen molar-refractivity contribution in [2.45, 2.75) is 18.9 Å². The van der Waals surface area contributed by atoms with Crippen LogP contribution in [0.1, 0.15) is 33.3 Å². The van der Waals surface area contributed by atoms with Gasteiger partial charge in [-0.15, -0.1) is 11.3 Å².